The van der Waals surface area contributed by atoms with E-state index < -0.39 is 13.2 Å². The van der Waals surface area contributed by atoms with Crippen LogP contribution in [0.25, 0.3) is 0 Å². The molecule has 0 bridgehead atoms. The first-order valence-corrected chi connectivity index (χ1v) is 12.5. The van der Waals surface area contributed by atoms with E-state index in [-0.39, 0.29) is 5.92 Å². The second-order valence-corrected chi connectivity index (χ2v) is 10.8. The fraction of sp³-hybridized carbons (Fsp3) is 0.308. The van der Waals surface area contributed by atoms with Crippen molar-refractivity contribution in [3.05, 3.63) is 84.4 Å². The van der Waals surface area contributed by atoms with Crippen molar-refractivity contribution in [3.8, 4) is 5.75 Å². The lowest BCUT2D eigenvalue weighted by Gasteiger charge is -2.31. The SMILES string of the molecule is COc1ccccc1[C@@H](Nc1ccccc1)[P@](=O)(OCC(C)C)c1ccc(N(C)C)cc1. The van der Waals surface area contributed by atoms with Gasteiger partial charge in [0, 0.05) is 36.3 Å². The second-order valence-electron chi connectivity index (χ2n) is 8.35. The Labute approximate surface area is 191 Å². The molecule has 0 amide bonds. The standard InChI is InChI=1S/C26H33N2O3P/c1-20(2)19-31-32(29,23-17-15-22(16-18-23)28(3)4)26(27-21-11-7-6-8-12-21)24-13-9-10-14-25(24)30-5/h6-18,20,26-27H,19H2,1-5H3/t26-,32+/m0/s1. The molecule has 0 aliphatic heterocycles. The number of nitrogens with zero attached hydrogens (tertiary/aromatic N) is 1. The average molecular weight is 453 g/mol. The lowest BCUT2D eigenvalue weighted by atomic mass is 10.2. The molecule has 0 fully saturated rings. The van der Waals surface area contributed by atoms with Crippen molar-refractivity contribution in [2.75, 3.05) is 38.0 Å². The molecule has 3 aromatic rings. The normalized spacial score (nSPS) is 13.9. The Bertz CT molecular complexity index is 1040. The maximum absolute atomic E-state index is 14.8. The molecule has 1 N–H and O–H groups in total. The first-order chi connectivity index (χ1) is 15.3. The predicted octanol–water partition coefficient (Wildman–Crippen LogP) is 6.15. The minimum atomic E-state index is -3.42. The highest BCUT2D eigenvalue weighted by Crippen LogP contribution is 2.60. The molecule has 170 valence electrons. The zero-order chi connectivity index (χ0) is 23.1. The molecule has 0 unspecified atom stereocenters. The van der Waals surface area contributed by atoms with Gasteiger partial charge in [0.15, 0.2) is 0 Å². The van der Waals surface area contributed by atoms with Gasteiger partial charge in [0.2, 0.25) is 0 Å². The van der Waals surface area contributed by atoms with Crippen LogP contribution in [-0.2, 0) is 9.09 Å². The van der Waals surface area contributed by atoms with Gasteiger partial charge in [-0.25, -0.2) is 0 Å². The van der Waals surface area contributed by atoms with Crippen molar-refractivity contribution in [3.63, 3.8) is 0 Å². The Morgan fingerprint density at radius 1 is 0.906 bits per heavy atom. The minimum Gasteiger partial charge on any atom is -0.496 e. The van der Waals surface area contributed by atoms with Gasteiger partial charge in [-0.2, -0.15) is 0 Å². The third-order valence-electron chi connectivity index (χ3n) is 5.18. The molecular weight excluding hydrogens is 419 g/mol. The van der Waals surface area contributed by atoms with Crippen LogP contribution in [0.2, 0.25) is 0 Å². The van der Waals surface area contributed by atoms with Crippen LogP contribution in [0.5, 0.6) is 5.75 Å². The van der Waals surface area contributed by atoms with E-state index in [0.717, 1.165) is 16.9 Å². The van der Waals surface area contributed by atoms with E-state index in [2.05, 4.69) is 19.2 Å². The largest absolute Gasteiger partial charge is 0.496 e. The smallest absolute Gasteiger partial charge is 0.258 e. The molecule has 3 aromatic carbocycles. The number of para-hydroxylation sites is 2. The number of rotatable bonds is 10. The molecule has 6 heteroatoms. The lowest BCUT2D eigenvalue weighted by Crippen LogP contribution is -2.22. The summed E-state index contributed by atoms with van der Waals surface area (Å²) in [6.45, 7) is 4.50. The van der Waals surface area contributed by atoms with Gasteiger partial charge in [-0.15, -0.1) is 0 Å². The Morgan fingerprint density at radius 3 is 2.12 bits per heavy atom. The summed E-state index contributed by atoms with van der Waals surface area (Å²) < 4.78 is 26.8. The van der Waals surface area contributed by atoms with Crippen molar-refractivity contribution >= 4 is 24.0 Å². The molecule has 2 atom stereocenters. The maximum atomic E-state index is 14.8. The molecule has 0 saturated carbocycles. The highest BCUT2D eigenvalue weighted by molar-refractivity contribution is 7.67. The van der Waals surface area contributed by atoms with Gasteiger partial charge >= 0.3 is 0 Å². The Balaban J connectivity index is 2.16. The highest BCUT2D eigenvalue weighted by Gasteiger charge is 2.39. The molecule has 3 rings (SSSR count). The van der Waals surface area contributed by atoms with Crippen LogP contribution in [-0.4, -0.2) is 27.8 Å². The van der Waals surface area contributed by atoms with E-state index in [4.69, 9.17) is 9.26 Å². The number of ether oxygens (including phenoxy) is 1. The van der Waals surface area contributed by atoms with Gasteiger partial charge in [-0.1, -0.05) is 50.2 Å². The summed E-state index contributed by atoms with van der Waals surface area (Å²) in [5.74, 6) is 0.281. The second kappa shape index (κ2) is 10.7. The fourth-order valence-electron chi connectivity index (χ4n) is 3.45. The summed E-state index contributed by atoms with van der Waals surface area (Å²) in [7, 11) is 2.18. The van der Waals surface area contributed by atoms with Crippen LogP contribution in [0.15, 0.2) is 78.9 Å². The van der Waals surface area contributed by atoms with Crippen molar-refractivity contribution in [1.82, 2.24) is 0 Å². The van der Waals surface area contributed by atoms with E-state index >= 15 is 0 Å². The van der Waals surface area contributed by atoms with Crippen LogP contribution >= 0.6 is 7.37 Å². The summed E-state index contributed by atoms with van der Waals surface area (Å²) in [6, 6.07) is 25.2. The monoisotopic (exact) mass is 452 g/mol. The number of nitrogens with one attached hydrogen (secondary N) is 1. The number of hydrogen-bond donors (Lipinski definition) is 1. The van der Waals surface area contributed by atoms with Crippen molar-refractivity contribution < 1.29 is 13.8 Å². The van der Waals surface area contributed by atoms with Gasteiger partial charge in [-0.3, -0.25) is 4.57 Å². The van der Waals surface area contributed by atoms with Gasteiger partial charge in [0.25, 0.3) is 7.37 Å². The van der Waals surface area contributed by atoms with E-state index in [1.54, 1.807) is 7.11 Å². The lowest BCUT2D eigenvalue weighted by molar-refractivity contribution is 0.272. The van der Waals surface area contributed by atoms with Crippen LogP contribution < -0.4 is 20.3 Å². The number of methoxy groups -OCH3 is 1. The van der Waals surface area contributed by atoms with Crippen LogP contribution in [0, 0.1) is 5.92 Å². The van der Waals surface area contributed by atoms with Crippen molar-refractivity contribution in [2.45, 2.75) is 19.6 Å². The van der Waals surface area contributed by atoms with Gasteiger partial charge in [-0.05, 0) is 48.4 Å². The van der Waals surface area contributed by atoms with Gasteiger partial charge in [0.1, 0.15) is 11.5 Å². The molecule has 0 saturated heterocycles. The summed E-state index contributed by atoms with van der Waals surface area (Å²) in [6.07, 6.45) is 0. The van der Waals surface area contributed by atoms with Gasteiger partial charge < -0.3 is 19.5 Å². The van der Waals surface area contributed by atoms with Gasteiger partial charge in [0.05, 0.1) is 13.7 Å². The number of hydrogen-bond acceptors (Lipinski definition) is 5. The molecule has 0 spiro atoms. The average Bonchev–Trinajstić information content (AvgIpc) is 2.81. The van der Waals surface area contributed by atoms with E-state index in [1.165, 1.54) is 0 Å². The van der Waals surface area contributed by atoms with Crippen molar-refractivity contribution in [2.24, 2.45) is 5.92 Å². The third kappa shape index (κ3) is 5.53. The minimum absolute atomic E-state index is 0.236. The summed E-state index contributed by atoms with van der Waals surface area (Å²) in [5.41, 5.74) is 2.69. The number of anilines is 2. The summed E-state index contributed by atoms with van der Waals surface area (Å²) >= 11 is 0. The van der Waals surface area contributed by atoms with E-state index in [0.29, 0.717) is 17.7 Å². The molecule has 5 nitrogen and oxygen atoms in total. The molecule has 0 radical (unpaired) electrons. The third-order valence-corrected chi connectivity index (χ3v) is 7.81. The topological polar surface area (TPSA) is 50.8 Å². The summed E-state index contributed by atoms with van der Waals surface area (Å²) in [4.78, 5) is 2.02. The summed E-state index contributed by atoms with van der Waals surface area (Å²) in [5, 5.41) is 4.16. The highest BCUT2D eigenvalue weighted by atomic mass is 31.2. The Morgan fingerprint density at radius 2 is 1.53 bits per heavy atom. The molecule has 0 aliphatic rings. The fourth-order valence-corrected chi connectivity index (χ4v) is 6.03. The van der Waals surface area contributed by atoms with Crippen molar-refractivity contribution in [1.29, 1.82) is 0 Å². The zero-order valence-corrected chi connectivity index (χ0v) is 20.4. The predicted molar refractivity (Wildman–Crippen MR) is 135 cm³/mol. The molecule has 0 heterocycles. The van der Waals surface area contributed by atoms with E-state index in [9.17, 15) is 4.57 Å². The van der Waals surface area contributed by atoms with Crippen LogP contribution in [0.1, 0.15) is 25.2 Å². The molecular formula is C26H33N2O3P. The number of benzene rings is 3. The Kier molecular flexibility index (Phi) is 8.00. The molecule has 32 heavy (non-hydrogen) atoms. The Hall–Kier alpha value is -2.75. The quantitative estimate of drug-likeness (QED) is 0.374. The molecule has 0 aromatic heterocycles. The maximum Gasteiger partial charge on any atom is 0.258 e. The van der Waals surface area contributed by atoms with Crippen LogP contribution in [0.4, 0.5) is 11.4 Å². The van der Waals surface area contributed by atoms with Crippen LogP contribution in [0.3, 0.4) is 0 Å². The zero-order valence-electron chi connectivity index (χ0n) is 19.5. The molecule has 0 aliphatic carbocycles. The first kappa shape index (κ1) is 23.9. The van der Waals surface area contributed by atoms with E-state index in [1.807, 2.05) is 97.9 Å². The first-order valence-electron chi connectivity index (χ1n) is 10.8.